The minimum absolute atomic E-state index is 0.0285. The number of rotatable bonds is 12. The van der Waals surface area contributed by atoms with Crippen LogP contribution in [0.1, 0.15) is 44.7 Å². The van der Waals surface area contributed by atoms with Gasteiger partial charge in [0.1, 0.15) is 17.6 Å². The topological polar surface area (TPSA) is 58.6 Å². The zero-order chi connectivity index (χ0) is 23.5. The molecular weight excluding hydrogens is 427 g/mol. The molecule has 0 aliphatic rings. The number of hydrogen-bond acceptors (Lipinski definition) is 4. The Balaban J connectivity index is 2.17. The van der Waals surface area contributed by atoms with E-state index in [1.807, 2.05) is 45.0 Å². The predicted octanol–water partition coefficient (Wildman–Crippen LogP) is 4.79. The van der Waals surface area contributed by atoms with E-state index in [4.69, 9.17) is 4.74 Å². The number of nitrogens with zero attached hydrogens (tertiary/aromatic N) is 1. The maximum atomic E-state index is 13.9. The van der Waals surface area contributed by atoms with Crippen LogP contribution in [-0.2, 0) is 21.9 Å². The van der Waals surface area contributed by atoms with E-state index in [1.54, 1.807) is 30.2 Å². The molecule has 0 spiro atoms. The highest BCUT2D eigenvalue weighted by Gasteiger charge is 2.29. The summed E-state index contributed by atoms with van der Waals surface area (Å²) in [5.74, 6) is 0.658. The van der Waals surface area contributed by atoms with Crippen LogP contribution in [0.25, 0.3) is 0 Å². The van der Waals surface area contributed by atoms with E-state index in [9.17, 15) is 14.0 Å². The van der Waals surface area contributed by atoms with E-state index in [-0.39, 0.29) is 29.4 Å². The van der Waals surface area contributed by atoms with Gasteiger partial charge in [-0.1, -0.05) is 44.2 Å². The van der Waals surface area contributed by atoms with Crippen LogP contribution in [0.15, 0.2) is 48.5 Å². The second-order valence-electron chi connectivity index (χ2n) is 7.70. The molecule has 2 aromatic rings. The Morgan fingerprint density at radius 1 is 1.12 bits per heavy atom. The zero-order valence-electron chi connectivity index (χ0n) is 19.3. The number of carbonyl (C=O) groups excluding carboxylic acids is 2. The molecule has 1 N–H and O–H groups in total. The van der Waals surface area contributed by atoms with Crippen molar-refractivity contribution < 1.29 is 18.7 Å². The Morgan fingerprint density at radius 2 is 1.88 bits per heavy atom. The summed E-state index contributed by atoms with van der Waals surface area (Å²) in [7, 11) is 1.59. The molecule has 174 valence electrons. The van der Waals surface area contributed by atoms with Gasteiger partial charge in [-0.25, -0.2) is 4.39 Å². The summed E-state index contributed by atoms with van der Waals surface area (Å²) in [6.45, 7) is 6.15. The monoisotopic (exact) mass is 460 g/mol. The maximum Gasteiger partial charge on any atom is 0.243 e. The van der Waals surface area contributed by atoms with Crippen molar-refractivity contribution in [3.63, 3.8) is 0 Å². The van der Waals surface area contributed by atoms with Gasteiger partial charge in [0, 0.05) is 18.3 Å². The van der Waals surface area contributed by atoms with E-state index in [2.05, 4.69) is 5.32 Å². The van der Waals surface area contributed by atoms with Crippen LogP contribution in [0.5, 0.6) is 5.75 Å². The third-order valence-electron chi connectivity index (χ3n) is 5.31. The fourth-order valence-corrected chi connectivity index (χ4v) is 4.17. The number of methoxy groups -OCH3 is 1. The molecule has 2 atom stereocenters. The molecule has 7 heteroatoms. The highest BCUT2D eigenvalue weighted by atomic mass is 32.2. The predicted molar refractivity (Wildman–Crippen MR) is 128 cm³/mol. The number of thioether (sulfide) groups is 1. The van der Waals surface area contributed by atoms with Crippen molar-refractivity contribution in [3.8, 4) is 5.75 Å². The van der Waals surface area contributed by atoms with Gasteiger partial charge in [-0.2, -0.15) is 0 Å². The minimum Gasteiger partial charge on any atom is -0.497 e. The molecule has 0 saturated carbocycles. The number of nitrogens with one attached hydrogen (secondary N) is 1. The summed E-state index contributed by atoms with van der Waals surface area (Å²) in [5, 5.41) is 3.00. The van der Waals surface area contributed by atoms with Crippen molar-refractivity contribution in [2.24, 2.45) is 0 Å². The van der Waals surface area contributed by atoms with E-state index in [0.717, 1.165) is 12.0 Å². The van der Waals surface area contributed by atoms with Gasteiger partial charge in [-0.15, -0.1) is 11.8 Å². The van der Waals surface area contributed by atoms with Gasteiger partial charge >= 0.3 is 0 Å². The molecule has 2 rings (SSSR count). The van der Waals surface area contributed by atoms with Crippen molar-refractivity contribution in [2.75, 3.05) is 12.9 Å². The minimum atomic E-state index is -0.586. The number of ether oxygens (including phenoxy) is 1. The summed E-state index contributed by atoms with van der Waals surface area (Å²) in [4.78, 5) is 27.8. The highest BCUT2D eigenvalue weighted by Crippen LogP contribution is 2.20. The van der Waals surface area contributed by atoms with Crippen LogP contribution in [0, 0.1) is 5.82 Å². The lowest BCUT2D eigenvalue weighted by atomic mass is 10.1. The van der Waals surface area contributed by atoms with Crippen molar-refractivity contribution in [3.05, 3.63) is 65.5 Å². The van der Waals surface area contributed by atoms with Gasteiger partial charge in [0.15, 0.2) is 0 Å². The lowest BCUT2D eigenvalue weighted by Crippen LogP contribution is -2.51. The molecule has 0 aliphatic carbocycles. The molecule has 2 amide bonds. The molecular formula is C25H33FN2O3S. The fourth-order valence-electron chi connectivity index (χ4n) is 3.27. The molecule has 2 aromatic carbocycles. The Hall–Kier alpha value is -2.54. The summed E-state index contributed by atoms with van der Waals surface area (Å²) >= 11 is 1.35. The molecule has 0 aliphatic heterocycles. The average Bonchev–Trinajstić information content (AvgIpc) is 2.80. The van der Waals surface area contributed by atoms with Crippen LogP contribution in [0.4, 0.5) is 4.39 Å². The molecule has 32 heavy (non-hydrogen) atoms. The maximum absolute atomic E-state index is 13.9. The van der Waals surface area contributed by atoms with Crippen molar-refractivity contribution in [1.29, 1.82) is 0 Å². The first-order valence-electron chi connectivity index (χ1n) is 10.9. The number of halogens is 1. The number of amides is 2. The van der Waals surface area contributed by atoms with Crippen LogP contribution in [-0.4, -0.2) is 41.7 Å². The SMILES string of the molecule is CC[C@H](C)NC(=O)[C@H](CC)N(Cc1cccc(OC)c1)C(=O)CSCc1ccccc1F. The van der Waals surface area contributed by atoms with E-state index >= 15 is 0 Å². The number of carbonyl (C=O) groups is 2. The number of hydrogen-bond donors (Lipinski definition) is 1. The molecule has 0 fully saturated rings. The van der Waals surface area contributed by atoms with Gasteiger partial charge in [-0.05, 0) is 49.1 Å². The van der Waals surface area contributed by atoms with Crippen molar-refractivity contribution in [1.82, 2.24) is 10.2 Å². The quantitative estimate of drug-likeness (QED) is 0.495. The Morgan fingerprint density at radius 3 is 2.53 bits per heavy atom. The van der Waals surface area contributed by atoms with Crippen LogP contribution in [0.2, 0.25) is 0 Å². The van der Waals surface area contributed by atoms with Gasteiger partial charge in [0.2, 0.25) is 11.8 Å². The first kappa shape index (κ1) is 25.7. The lowest BCUT2D eigenvalue weighted by molar-refractivity contribution is -0.139. The van der Waals surface area contributed by atoms with Crippen LogP contribution < -0.4 is 10.1 Å². The standard InChI is InChI=1S/C25H33FN2O3S/c1-5-18(3)27-25(30)23(6-2)28(15-19-10-9-12-21(14-19)31-4)24(29)17-32-16-20-11-7-8-13-22(20)26/h7-14,18,23H,5-6,15-17H2,1-4H3,(H,27,30)/t18-,23-/m0/s1. The molecule has 0 bridgehead atoms. The zero-order valence-corrected chi connectivity index (χ0v) is 20.1. The Labute approximate surface area is 194 Å². The Kier molecular flexibility index (Phi) is 10.5. The largest absolute Gasteiger partial charge is 0.497 e. The van der Waals surface area contributed by atoms with Gasteiger partial charge in [0.25, 0.3) is 0 Å². The summed E-state index contributed by atoms with van der Waals surface area (Å²) in [5.41, 5.74) is 1.44. The van der Waals surface area contributed by atoms with Crippen LogP contribution in [0.3, 0.4) is 0 Å². The van der Waals surface area contributed by atoms with E-state index in [0.29, 0.717) is 30.0 Å². The fraction of sp³-hybridized carbons (Fsp3) is 0.440. The second-order valence-corrected chi connectivity index (χ2v) is 8.68. The van der Waals surface area contributed by atoms with Crippen molar-refractivity contribution in [2.45, 2.75) is 58.0 Å². The molecule has 0 unspecified atom stereocenters. The first-order chi connectivity index (χ1) is 15.4. The molecule has 0 heterocycles. The Bertz CT molecular complexity index is 893. The van der Waals surface area contributed by atoms with E-state index < -0.39 is 6.04 Å². The smallest absolute Gasteiger partial charge is 0.243 e. The lowest BCUT2D eigenvalue weighted by Gasteiger charge is -2.31. The van der Waals surface area contributed by atoms with Gasteiger partial charge in [0.05, 0.1) is 12.9 Å². The third kappa shape index (κ3) is 7.55. The molecule has 0 radical (unpaired) electrons. The first-order valence-corrected chi connectivity index (χ1v) is 12.1. The molecule has 0 saturated heterocycles. The van der Waals surface area contributed by atoms with Crippen molar-refractivity contribution >= 4 is 23.6 Å². The molecule has 0 aromatic heterocycles. The average molecular weight is 461 g/mol. The van der Waals surface area contributed by atoms with E-state index in [1.165, 1.54) is 17.8 Å². The highest BCUT2D eigenvalue weighted by molar-refractivity contribution is 7.99. The number of benzene rings is 2. The third-order valence-corrected chi connectivity index (χ3v) is 6.28. The van der Waals surface area contributed by atoms with Crippen LogP contribution >= 0.6 is 11.8 Å². The second kappa shape index (κ2) is 13.1. The summed E-state index contributed by atoms with van der Waals surface area (Å²) in [6, 6.07) is 13.5. The summed E-state index contributed by atoms with van der Waals surface area (Å²) in [6.07, 6.45) is 1.31. The summed E-state index contributed by atoms with van der Waals surface area (Å²) < 4.78 is 19.2. The normalized spacial score (nSPS) is 12.7. The van der Waals surface area contributed by atoms with Gasteiger partial charge < -0.3 is 15.0 Å². The molecule has 5 nitrogen and oxygen atoms in total. The van der Waals surface area contributed by atoms with Gasteiger partial charge in [-0.3, -0.25) is 9.59 Å².